The maximum absolute atomic E-state index is 12.5. The highest BCUT2D eigenvalue weighted by Crippen LogP contribution is 2.32. The van der Waals surface area contributed by atoms with E-state index in [1.807, 2.05) is 42.5 Å². The third-order valence-corrected chi connectivity index (χ3v) is 6.22. The van der Waals surface area contributed by atoms with Gasteiger partial charge in [-0.25, -0.2) is 0 Å². The van der Waals surface area contributed by atoms with Crippen molar-refractivity contribution < 1.29 is 14.3 Å². The zero-order valence-electron chi connectivity index (χ0n) is 17.5. The van der Waals surface area contributed by atoms with Crippen LogP contribution in [0.15, 0.2) is 71.6 Å². The summed E-state index contributed by atoms with van der Waals surface area (Å²) in [6, 6.07) is 22.1. The highest BCUT2D eigenvalue weighted by Gasteiger charge is 2.34. The lowest BCUT2D eigenvalue weighted by Gasteiger charge is -2.11. The SMILES string of the molecule is CCCCCN1C(=O)S/C(=C\c2ccc(OCc3cccc4ccccc34)cc2)C1=O. The first-order chi connectivity index (χ1) is 15.2. The average Bonchev–Trinajstić information content (AvgIpc) is 3.06. The third kappa shape index (κ3) is 5.00. The van der Waals surface area contributed by atoms with E-state index in [0.29, 0.717) is 18.1 Å². The summed E-state index contributed by atoms with van der Waals surface area (Å²) in [7, 11) is 0. The lowest BCUT2D eigenvalue weighted by Crippen LogP contribution is -2.29. The van der Waals surface area contributed by atoms with Crippen molar-refractivity contribution in [3.63, 3.8) is 0 Å². The molecule has 158 valence electrons. The Morgan fingerprint density at radius 2 is 1.71 bits per heavy atom. The van der Waals surface area contributed by atoms with Crippen LogP contribution in [0.4, 0.5) is 4.79 Å². The molecular weight excluding hydrogens is 406 g/mol. The van der Waals surface area contributed by atoms with Gasteiger partial charge in [-0.3, -0.25) is 14.5 Å². The number of rotatable bonds is 8. The Morgan fingerprint density at radius 1 is 0.935 bits per heavy atom. The van der Waals surface area contributed by atoms with Crippen LogP contribution in [0.3, 0.4) is 0 Å². The summed E-state index contributed by atoms with van der Waals surface area (Å²) >= 11 is 1.01. The van der Waals surface area contributed by atoms with Crippen molar-refractivity contribution in [1.29, 1.82) is 0 Å². The van der Waals surface area contributed by atoms with Crippen LogP contribution in [-0.2, 0) is 11.4 Å². The zero-order chi connectivity index (χ0) is 21.6. The molecule has 0 N–H and O–H groups in total. The van der Waals surface area contributed by atoms with Gasteiger partial charge in [-0.05, 0) is 58.3 Å². The molecule has 5 heteroatoms. The molecular formula is C26H25NO3S. The van der Waals surface area contributed by atoms with Crippen LogP contribution < -0.4 is 4.74 Å². The molecule has 1 fully saturated rings. The zero-order valence-corrected chi connectivity index (χ0v) is 18.4. The Morgan fingerprint density at radius 3 is 2.52 bits per heavy atom. The molecule has 0 aliphatic carbocycles. The molecule has 1 saturated heterocycles. The van der Waals surface area contributed by atoms with E-state index >= 15 is 0 Å². The number of imide groups is 1. The highest BCUT2D eigenvalue weighted by molar-refractivity contribution is 8.18. The molecule has 4 rings (SSSR count). The van der Waals surface area contributed by atoms with Crippen molar-refractivity contribution in [2.24, 2.45) is 0 Å². The molecule has 2 amide bonds. The van der Waals surface area contributed by atoms with Crippen LogP contribution in [0.5, 0.6) is 5.75 Å². The molecule has 3 aromatic carbocycles. The molecule has 0 atom stereocenters. The molecule has 0 saturated carbocycles. The first-order valence-corrected chi connectivity index (χ1v) is 11.4. The lowest BCUT2D eigenvalue weighted by atomic mass is 10.1. The Kier molecular flexibility index (Phi) is 6.73. The van der Waals surface area contributed by atoms with Gasteiger partial charge in [-0.15, -0.1) is 0 Å². The smallest absolute Gasteiger partial charge is 0.293 e. The highest BCUT2D eigenvalue weighted by atomic mass is 32.2. The standard InChI is InChI=1S/C26H25NO3S/c1-2-3-6-16-27-25(28)24(31-26(27)29)17-19-12-14-22(15-13-19)30-18-21-10-7-9-20-8-4-5-11-23(20)21/h4-5,7-15,17H,2-3,6,16,18H2,1H3/b24-17-. The molecule has 0 radical (unpaired) electrons. The Balaban J connectivity index is 1.40. The van der Waals surface area contributed by atoms with Gasteiger partial charge in [0.25, 0.3) is 11.1 Å². The second-order valence-electron chi connectivity index (χ2n) is 7.54. The average molecular weight is 432 g/mol. The number of benzene rings is 3. The van der Waals surface area contributed by atoms with Crippen molar-refractivity contribution in [2.75, 3.05) is 6.54 Å². The molecule has 1 aliphatic heterocycles. The number of hydrogen-bond donors (Lipinski definition) is 0. The van der Waals surface area contributed by atoms with Crippen molar-refractivity contribution in [1.82, 2.24) is 4.90 Å². The van der Waals surface area contributed by atoms with E-state index < -0.39 is 0 Å². The van der Waals surface area contributed by atoms with E-state index in [2.05, 4.69) is 31.2 Å². The van der Waals surface area contributed by atoms with E-state index in [1.54, 1.807) is 6.08 Å². The fourth-order valence-corrected chi connectivity index (χ4v) is 4.47. The first-order valence-electron chi connectivity index (χ1n) is 10.6. The predicted molar refractivity (Wildman–Crippen MR) is 127 cm³/mol. The number of fused-ring (bicyclic) bond motifs is 1. The van der Waals surface area contributed by atoms with Gasteiger partial charge in [-0.1, -0.05) is 74.4 Å². The van der Waals surface area contributed by atoms with Crippen molar-refractivity contribution in [3.05, 3.63) is 82.8 Å². The van der Waals surface area contributed by atoms with Crippen LogP contribution in [0.1, 0.15) is 37.3 Å². The van der Waals surface area contributed by atoms with Gasteiger partial charge in [0, 0.05) is 6.54 Å². The topological polar surface area (TPSA) is 46.6 Å². The lowest BCUT2D eigenvalue weighted by molar-refractivity contribution is -0.122. The first kappa shape index (κ1) is 21.2. The quantitative estimate of drug-likeness (QED) is 0.296. The predicted octanol–water partition coefficient (Wildman–Crippen LogP) is 6.65. The fourth-order valence-electron chi connectivity index (χ4n) is 3.60. The monoisotopic (exact) mass is 431 g/mol. The second kappa shape index (κ2) is 9.84. The minimum atomic E-state index is -0.192. The number of ether oxygens (including phenoxy) is 1. The van der Waals surface area contributed by atoms with Crippen molar-refractivity contribution in [2.45, 2.75) is 32.8 Å². The van der Waals surface area contributed by atoms with E-state index in [1.165, 1.54) is 15.7 Å². The molecule has 4 nitrogen and oxygen atoms in total. The second-order valence-corrected chi connectivity index (χ2v) is 8.53. The van der Waals surface area contributed by atoms with Gasteiger partial charge in [0.05, 0.1) is 4.91 Å². The summed E-state index contributed by atoms with van der Waals surface area (Å²) in [6.45, 7) is 3.08. The number of carbonyl (C=O) groups is 2. The summed E-state index contributed by atoms with van der Waals surface area (Å²) in [6.07, 6.45) is 4.70. The van der Waals surface area contributed by atoms with Gasteiger partial charge in [-0.2, -0.15) is 0 Å². The number of thioether (sulfide) groups is 1. The van der Waals surface area contributed by atoms with Gasteiger partial charge < -0.3 is 4.74 Å². The van der Waals surface area contributed by atoms with Crippen LogP contribution in [0, 0.1) is 0 Å². The van der Waals surface area contributed by atoms with Crippen LogP contribution in [-0.4, -0.2) is 22.6 Å². The molecule has 0 aromatic heterocycles. The summed E-state index contributed by atoms with van der Waals surface area (Å²) < 4.78 is 5.98. The minimum Gasteiger partial charge on any atom is -0.489 e. The number of amides is 2. The van der Waals surface area contributed by atoms with Crippen molar-refractivity contribution in [3.8, 4) is 5.75 Å². The minimum absolute atomic E-state index is 0.178. The Bertz CT molecular complexity index is 1120. The molecule has 0 bridgehead atoms. The third-order valence-electron chi connectivity index (χ3n) is 5.31. The van der Waals surface area contributed by atoms with Crippen LogP contribution in [0.25, 0.3) is 16.8 Å². The normalized spacial score (nSPS) is 15.3. The number of unbranched alkanes of at least 4 members (excludes halogenated alkanes) is 2. The van der Waals surface area contributed by atoms with E-state index in [4.69, 9.17) is 4.74 Å². The summed E-state index contributed by atoms with van der Waals surface area (Å²) in [4.78, 5) is 26.5. The Labute approximate surface area is 186 Å². The van der Waals surface area contributed by atoms with E-state index in [0.717, 1.165) is 47.9 Å². The molecule has 3 aromatic rings. The molecule has 1 aliphatic rings. The van der Waals surface area contributed by atoms with E-state index in [-0.39, 0.29) is 11.1 Å². The molecule has 31 heavy (non-hydrogen) atoms. The van der Waals surface area contributed by atoms with Gasteiger partial charge >= 0.3 is 0 Å². The molecule has 1 heterocycles. The maximum Gasteiger partial charge on any atom is 0.293 e. The largest absolute Gasteiger partial charge is 0.489 e. The number of carbonyl (C=O) groups excluding carboxylic acids is 2. The van der Waals surface area contributed by atoms with Crippen molar-refractivity contribution >= 4 is 39.8 Å². The fraction of sp³-hybridized carbons (Fsp3) is 0.231. The summed E-state index contributed by atoms with van der Waals surface area (Å²) in [5.74, 6) is 0.570. The molecule has 0 spiro atoms. The van der Waals surface area contributed by atoms with Gasteiger partial charge in [0.2, 0.25) is 0 Å². The van der Waals surface area contributed by atoms with Gasteiger partial charge in [0.1, 0.15) is 12.4 Å². The molecule has 0 unspecified atom stereocenters. The maximum atomic E-state index is 12.5. The number of hydrogen-bond acceptors (Lipinski definition) is 4. The van der Waals surface area contributed by atoms with E-state index in [9.17, 15) is 9.59 Å². The van der Waals surface area contributed by atoms with Crippen LogP contribution >= 0.6 is 11.8 Å². The van der Waals surface area contributed by atoms with Crippen LogP contribution in [0.2, 0.25) is 0 Å². The van der Waals surface area contributed by atoms with Gasteiger partial charge in [0.15, 0.2) is 0 Å². The number of nitrogens with zero attached hydrogens (tertiary/aromatic N) is 1. The summed E-state index contributed by atoms with van der Waals surface area (Å²) in [5.41, 5.74) is 2.01. The summed E-state index contributed by atoms with van der Waals surface area (Å²) in [5, 5.41) is 2.21. The Hall–Kier alpha value is -3.05.